The molecular formula is C18H9F13O4. The molecule has 0 radical (unpaired) electrons. The van der Waals surface area contributed by atoms with Gasteiger partial charge in [0.15, 0.2) is 0 Å². The number of hydrogen-bond donors (Lipinski definition) is 0. The Labute approximate surface area is 185 Å². The maximum Gasteiger partial charge on any atom is 0.442 e. The number of hydrogen-bond acceptors (Lipinski definition) is 4. The van der Waals surface area contributed by atoms with Gasteiger partial charge in [-0.2, -0.15) is 52.7 Å². The van der Waals surface area contributed by atoms with Crippen LogP contribution in [0.1, 0.15) is 11.1 Å². The molecule has 17 heteroatoms. The van der Waals surface area contributed by atoms with E-state index in [2.05, 4.69) is 22.6 Å². The predicted molar refractivity (Wildman–Crippen MR) is 86.6 cm³/mol. The third-order valence-electron chi connectivity index (χ3n) is 4.19. The minimum atomic E-state index is -6.90. The fourth-order valence-electron chi connectivity index (χ4n) is 2.70. The lowest BCUT2D eigenvalue weighted by Gasteiger charge is -2.39. The number of rotatable bonds is 6. The zero-order valence-corrected chi connectivity index (χ0v) is 16.3. The Morgan fingerprint density at radius 3 is 1.31 bits per heavy atom. The van der Waals surface area contributed by atoms with E-state index in [9.17, 15) is 66.7 Å². The lowest BCUT2D eigenvalue weighted by atomic mass is 9.84. The molecule has 0 aromatic heterocycles. The van der Waals surface area contributed by atoms with E-state index in [0.29, 0.717) is 0 Å². The van der Waals surface area contributed by atoms with Crippen molar-refractivity contribution in [2.75, 3.05) is 0 Å². The summed E-state index contributed by atoms with van der Waals surface area (Å²) < 4.78 is 185. The van der Waals surface area contributed by atoms with Gasteiger partial charge in [0.1, 0.15) is 5.82 Å². The topological polar surface area (TPSA) is 52.6 Å². The summed E-state index contributed by atoms with van der Waals surface area (Å²) in [5.74, 6) is -7.67. The average molecular weight is 536 g/mol. The summed E-state index contributed by atoms with van der Waals surface area (Å²) in [5.41, 5.74) is -17.7. The molecule has 35 heavy (non-hydrogen) atoms. The summed E-state index contributed by atoms with van der Waals surface area (Å²) >= 11 is 0. The third kappa shape index (κ3) is 4.93. The molecule has 0 unspecified atom stereocenters. The monoisotopic (exact) mass is 536 g/mol. The van der Waals surface area contributed by atoms with E-state index >= 15 is 0 Å². The van der Waals surface area contributed by atoms with Gasteiger partial charge in [0.05, 0.1) is 5.56 Å². The number of carbonyl (C=O) groups excluding carboxylic acids is 2. The number of alkyl halides is 12. The Bertz CT molecular complexity index is 972. The van der Waals surface area contributed by atoms with Gasteiger partial charge in [-0.25, -0.2) is 14.0 Å². The molecule has 196 valence electrons. The van der Waals surface area contributed by atoms with Crippen molar-refractivity contribution in [1.29, 1.82) is 0 Å². The first-order valence-corrected chi connectivity index (χ1v) is 8.31. The minimum Gasteiger partial charge on any atom is -0.431 e. The normalized spacial score (nSPS) is 13.7. The minimum absolute atomic E-state index is 0.224. The molecular weight excluding hydrogens is 527 g/mol. The Morgan fingerprint density at radius 2 is 1.00 bits per heavy atom. The number of benzene rings is 1. The van der Waals surface area contributed by atoms with Crippen LogP contribution in [0.15, 0.2) is 43.5 Å². The molecule has 0 aliphatic carbocycles. The van der Waals surface area contributed by atoms with Crippen molar-refractivity contribution in [2.45, 2.75) is 35.9 Å². The first-order valence-electron chi connectivity index (χ1n) is 8.31. The highest BCUT2D eigenvalue weighted by molar-refractivity contribution is 5.82. The van der Waals surface area contributed by atoms with Gasteiger partial charge in [0.25, 0.3) is 0 Å². The molecule has 0 saturated carbocycles. The van der Waals surface area contributed by atoms with Gasteiger partial charge in [-0.1, -0.05) is 19.2 Å². The first-order chi connectivity index (χ1) is 15.5. The third-order valence-corrected chi connectivity index (χ3v) is 4.19. The van der Waals surface area contributed by atoms with Crippen LogP contribution in [0.2, 0.25) is 0 Å². The van der Waals surface area contributed by atoms with E-state index in [1.54, 1.807) is 0 Å². The SMILES string of the molecule is C=CC(=O)OC(c1ccc(F)c(C(OC(=O)C=C)(C(F)(F)F)C(F)(F)F)c1)(C(F)(F)F)C(F)(F)F. The van der Waals surface area contributed by atoms with E-state index in [1.807, 2.05) is 0 Å². The van der Waals surface area contributed by atoms with Crippen LogP contribution in [0, 0.1) is 5.82 Å². The smallest absolute Gasteiger partial charge is 0.431 e. The fraction of sp³-hybridized carbons (Fsp3) is 0.333. The zero-order chi connectivity index (χ0) is 27.8. The summed E-state index contributed by atoms with van der Waals surface area (Å²) in [6.07, 6.45) is -27.9. The lowest BCUT2D eigenvalue weighted by Crippen LogP contribution is -2.58. The van der Waals surface area contributed by atoms with Crippen LogP contribution in [0.4, 0.5) is 57.1 Å². The molecule has 0 bridgehead atoms. The molecule has 0 saturated heterocycles. The maximum atomic E-state index is 14.3. The van der Waals surface area contributed by atoms with E-state index in [0.717, 1.165) is 0 Å². The number of carbonyl (C=O) groups is 2. The largest absolute Gasteiger partial charge is 0.442 e. The standard InChI is InChI=1S/C18H9F13O4/c1-3-11(32)34-13(15(20,21)22,16(23,24)25)8-5-6-10(19)9(7-8)14(17(26,27)28,18(29,30)31)35-12(33)4-2/h3-7H,1-2H2. The summed E-state index contributed by atoms with van der Waals surface area (Å²) in [4.78, 5) is 22.6. The van der Waals surface area contributed by atoms with E-state index < -0.39 is 83.0 Å². The van der Waals surface area contributed by atoms with Crippen LogP contribution in [0.5, 0.6) is 0 Å². The molecule has 1 aromatic rings. The second kappa shape index (κ2) is 9.07. The Hall–Kier alpha value is -3.27. The van der Waals surface area contributed by atoms with Crippen LogP contribution in [0.25, 0.3) is 0 Å². The van der Waals surface area contributed by atoms with Crippen molar-refractivity contribution in [1.82, 2.24) is 0 Å². The molecule has 0 amide bonds. The molecule has 1 rings (SSSR count). The van der Waals surface area contributed by atoms with Gasteiger partial charge in [0.2, 0.25) is 0 Å². The molecule has 0 fully saturated rings. The highest BCUT2D eigenvalue weighted by atomic mass is 19.4. The van der Waals surface area contributed by atoms with Crippen LogP contribution >= 0.6 is 0 Å². The second-order valence-electron chi connectivity index (χ2n) is 6.30. The van der Waals surface area contributed by atoms with Crippen LogP contribution < -0.4 is 0 Å². The summed E-state index contributed by atoms with van der Waals surface area (Å²) in [6.45, 7) is 5.07. The Balaban J connectivity index is 4.32. The average Bonchev–Trinajstić information content (AvgIpc) is 2.66. The highest BCUT2D eigenvalue weighted by Crippen LogP contribution is 2.57. The first kappa shape index (κ1) is 29.8. The predicted octanol–water partition coefficient (Wildman–Crippen LogP) is 5.92. The summed E-state index contributed by atoms with van der Waals surface area (Å²) in [5, 5.41) is 0. The molecule has 4 nitrogen and oxygen atoms in total. The van der Waals surface area contributed by atoms with E-state index in [4.69, 9.17) is 0 Å². The van der Waals surface area contributed by atoms with Crippen LogP contribution in [0.3, 0.4) is 0 Å². The maximum absolute atomic E-state index is 14.3. The summed E-state index contributed by atoms with van der Waals surface area (Å²) in [7, 11) is 0. The molecule has 0 aliphatic heterocycles. The van der Waals surface area contributed by atoms with Gasteiger partial charge < -0.3 is 9.47 Å². The van der Waals surface area contributed by atoms with E-state index in [-0.39, 0.29) is 12.2 Å². The Morgan fingerprint density at radius 1 is 0.657 bits per heavy atom. The van der Waals surface area contributed by atoms with Gasteiger partial charge >= 0.3 is 47.8 Å². The quantitative estimate of drug-likeness (QED) is 0.257. The van der Waals surface area contributed by atoms with Gasteiger partial charge in [-0.3, -0.25) is 0 Å². The zero-order valence-electron chi connectivity index (χ0n) is 16.3. The summed E-state index contributed by atoms with van der Waals surface area (Å²) in [6, 6.07) is -2.33. The Kier molecular flexibility index (Phi) is 7.71. The van der Waals surface area contributed by atoms with Crippen molar-refractivity contribution in [3.8, 4) is 0 Å². The van der Waals surface area contributed by atoms with Crippen molar-refractivity contribution in [3.63, 3.8) is 0 Å². The molecule has 0 heterocycles. The van der Waals surface area contributed by atoms with Crippen molar-refractivity contribution < 1.29 is 76.1 Å². The molecule has 0 spiro atoms. The fourth-order valence-corrected chi connectivity index (χ4v) is 2.70. The van der Waals surface area contributed by atoms with Crippen molar-refractivity contribution in [2.24, 2.45) is 0 Å². The second-order valence-corrected chi connectivity index (χ2v) is 6.30. The molecule has 0 atom stereocenters. The molecule has 0 N–H and O–H groups in total. The van der Waals surface area contributed by atoms with Gasteiger partial charge in [0, 0.05) is 17.7 Å². The van der Waals surface area contributed by atoms with Crippen LogP contribution in [-0.2, 0) is 30.3 Å². The van der Waals surface area contributed by atoms with Crippen molar-refractivity contribution in [3.05, 3.63) is 60.5 Å². The van der Waals surface area contributed by atoms with Crippen molar-refractivity contribution >= 4 is 11.9 Å². The van der Waals surface area contributed by atoms with Gasteiger partial charge in [-0.05, 0) is 12.1 Å². The van der Waals surface area contributed by atoms with Crippen LogP contribution in [-0.4, -0.2) is 36.6 Å². The van der Waals surface area contributed by atoms with E-state index in [1.165, 1.54) is 0 Å². The number of ether oxygens (including phenoxy) is 2. The lowest BCUT2D eigenvalue weighted by molar-refractivity contribution is -0.379. The van der Waals surface area contributed by atoms with Gasteiger partial charge in [-0.15, -0.1) is 0 Å². The highest BCUT2D eigenvalue weighted by Gasteiger charge is 2.78. The number of esters is 2. The number of halogens is 13. The molecule has 1 aromatic carbocycles. The molecule has 0 aliphatic rings.